The molecule has 4 rings (SSSR count). The highest BCUT2D eigenvalue weighted by molar-refractivity contribution is 5.98. The number of rotatable bonds is 8. The number of carboxylic acid groups (broad SMARTS) is 1. The Morgan fingerprint density at radius 1 is 0.833 bits per heavy atom. The Balaban J connectivity index is 1.63. The second-order valence-electron chi connectivity index (χ2n) is 8.58. The summed E-state index contributed by atoms with van der Waals surface area (Å²) in [5.41, 5.74) is 5.22. The average Bonchev–Trinajstić information content (AvgIpc) is 2.90. The molecule has 0 unspecified atom stereocenters. The maximum absolute atomic E-state index is 13.5. The van der Waals surface area contributed by atoms with E-state index in [9.17, 15) is 14.7 Å². The van der Waals surface area contributed by atoms with Gasteiger partial charge in [0, 0.05) is 37.5 Å². The average molecular weight is 481 g/mol. The lowest BCUT2D eigenvalue weighted by atomic mass is 9.84. The van der Waals surface area contributed by atoms with Crippen molar-refractivity contribution in [1.29, 1.82) is 0 Å². The van der Waals surface area contributed by atoms with Gasteiger partial charge >= 0.3 is 6.09 Å². The predicted octanol–water partition coefficient (Wildman–Crippen LogP) is 5.22. The van der Waals surface area contributed by atoms with Crippen molar-refractivity contribution in [3.63, 3.8) is 0 Å². The molecule has 7 heteroatoms. The van der Waals surface area contributed by atoms with E-state index in [1.807, 2.05) is 110 Å². The van der Waals surface area contributed by atoms with Gasteiger partial charge in [0.15, 0.2) is 0 Å². The largest absolute Gasteiger partial charge is 0.465 e. The van der Waals surface area contributed by atoms with E-state index in [2.05, 4.69) is 15.6 Å². The molecule has 0 saturated heterocycles. The van der Waals surface area contributed by atoms with Crippen molar-refractivity contribution in [2.45, 2.75) is 12.0 Å². The lowest BCUT2D eigenvalue weighted by Crippen LogP contribution is -2.47. The van der Waals surface area contributed by atoms with Gasteiger partial charge in [-0.1, -0.05) is 72.8 Å². The predicted molar refractivity (Wildman–Crippen MR) is 142 cm³/mol. The number of anilines is 2. The van der Waals surface area contributed by atoms with Gasteiger partial charge in [0.05, 0.1) is 11.9 Å². The summed E-state index contributed by atoms with van der Waals surface area (Å²) in [4.78, 5) is 31.4. The molecule has 3 N–H and O–H groups in total. The van der Waals surface area contributed by atoms with E-state index in [-0.39, 0.29) is 0 Å². The fourth-order valence-corrected chi connectivity index (χ4v) is 4.27. The van der Waals surface area contributed by atoms with Gasteiger partial charge in [-0.25, -0.2) is 4.79 Å². The van der Waals surface area contributed by atoms with E-state index < -0.39 is 24.0 Å². The van der Waals surface area contributed by atoms with Gasteiger partial charge < -0.3 is 20.6 Å². The lowest BCUT2D eigenvalue weighted by molar-refractivity contribution is -0.118. The molecule has 3 aromatic carbocycles. The highest BCUT2D eigenvalue weighted by atomic mass is 16.4. The Hall–Kier alpha value is -4.65. The summed E-state index contributed by atoms with van der Waals surface area (Å²) in [7, 11) is 3.92. The van der Waals surface area contributed by atoms with Crippen LogP contribution in [-0.4, -0.2) is 42.2 Å². The first-order chi connectivity index (χ1) is 17.4. The third kappa shape index (κ3) is 5.70. The topological polar surface area (TPSA) is 94.6 Å². The first kappa shape index (κ1) is 24.5. The molecule has 0 aliphatic heterocycles. The summed E-state index contributed by atoms with van der Waals surface area (Å²) in [5.74, 6) is -0.956. The van der Waals surface area contributed by atoms with Gasteiger partial charge in [0.2, 0.25) is 5.91 Å². The molecule has 1 atom stereocenters. The van der Waals surface area contributed by atoms with Gasteiger partial charge in [-0.15, -0.1) is 0 Å². The first-order valence-electron chi connectivity index (χ1n) is 11.6. The molecule has 0 aliphatic rings. The van der Waals surface area contributed by atoms with Crippen LogP contribution in [0.3, 0.4) is 0 Å². The molecule has 7 nitrogen and oxygen atoms in total. The SMILES string of the molecule is CN(C)c1cnccc1-c1ccc(NC(=O)[C@@H](NC(=O)O)C(c2ccccc2)c2ccccc2)cc1. The van der Waals surface area contributed by atoms with Crippen molar-refractivity contribution in [3.8, 4) is 11.1 Å². The summed E-state index contributed by atoms with van der Waals surface area (Å²) in [5, 5.41) is 14.9. The van der Waals surface area contributed by atoms with Crippen LogP contribution in [0.15, 0.2) is 103 Å². The number of aromatic nitrogens is 1. The number of nitrogens with one attached hydrogen (secondary N) is 2. The van der Waals surface area contributed by atoms with Crippen LogP contribution in [0.5, 0.6) is 0 Å². The zero-order chi connectivity index (χ0) is 25.5. The van der Waals surface area contributed by atoms with Crippen LogP contribution in [0, 0.1) is 0 Å². The van der Waals surface area contributed by atoms with Crippen molar-refractivity contribution in [2.75, 3.05) is 24.3 Å². The number of hydrogen-bond donors (Lipinski definition) is 3. The molecule has 0 bridgehead atoms. The van der Waals surface area contributed by atoms with E-state index in [0.717, 1.165) is 27.9 Å². The quantitative estimate of drug-likeness (QED) is 0.321. The van der Waals surface area contributed by atoms with Crippen LogP contribution in [0.4, 0.5) is 16.2 Å². The van der Waals surface area contributed by atoms with Gasteiger partial charge in [0.1, 0.15) is 6.04 Å². The fourth-order valence-electron chi connectivity index (χ4n) is 4.27. The van der Waals surface area contributed by atoms with Crippen molar-refractivity contribution in [3.05, 3.63) is 115 Å². The van der Waals surface area contributed by atoms with Gasteiger partial charge in [-0.2, -0.15) is 0 Å². The summed E-state index contributed by atoms with van der Waals surface area (Å²) in [6, 6.07) is 27.2. The number of carbonyl (C=O) groups excluding carboxylic acids is 1. The second kappa shape index (κ2) is 11.2. The van der Waals surface area contributed by atoms with Crippen LogP contribution in [0.25, 0.3) is 11.1 Å². The monoisotopic (exact) mass is 480 g/mol. The van der Waals surface area contributed by atoms with Gasteiger partial charge in [-0.05, 0) is 34.9 Å². The number of amides is 2. The Morgan fingerprint density at radius 2 is 1.42 bits per heavy atom. The summed E-state index contributed by atoms with van der Waals surface area (Å²) in [6.45, 7) is 0. The van der Waals surface area contributed by atoms with Crippen molar-refractivity contribution in [2.24, 2.45) is 0 Å². The second-order valence-corrected chi connectivity index (χ2v) is 8.58. The highest BCUT2D eigenvalue weighted by Gasteiger charge is 2.32. The Bertz CT molecular complexity index is 1270. The minimum absolute atomic E-state index is 0.444. The zero-order valence-corrected chi connectivity index (χ0v) is 20.1. The Labute approximate surface area is 210 Å². The van der Waals surface area contributed by atoms with Gasteiger partial charge in [0.25, 0.3) is 0 Å². The van der Waals surface area contributed by atoms with Crippen LogP contribution < -0.4 is 15.5 Å². The van der Waals surface area contributed by atoms with E-state index in [4.69, 9.17) is 0 Å². The molecule has 1 aromatic heterocycles. The maximum Gasteiger partial charge on any atom is 0.405 e. The van der Waals surface area contributed by atoms with E-state index in [1.165, 1.54) is 0 Å². The van der Waals surface area contributed by atoms with Crippen LogP contribution in [-0.2, 0) is 4.79 Å². The maximum atomic E-state index is 13.5. The van der Waals surface area contributed by atoms with E-state index in [0.29, 0.717) is 5.69 Å². The molecule has 0 fully saturated rings. The normalized spacial score (nSPS) is 11.5. The molecule has 1 heterocycles. The summed E-state index contributed by atoms with van der Waals surface area (Å²) in [6.07, 6.45) is 2.28. The molecule has 0 spiro atoms. The number of pyridine rings is 1. The zero-order valence-electron chi connectivity index (χ0n) is 20.1. The van der Waals surface area contributed by atoms with Crippen molar-refractivity contribution < 1.29 is 14.7 Å². The minimum atomic E-state index is -1.27. The van der Waals surface area contributed by atoms with Crippen molar-refractivity contribution >= 4 is 23.4 Å². The summed E-state index contributed by atoms with van der Waals surface area (Å²) < 4.78 is 0. The third-order valence-corrected chi connectivity index (χ3v) is 5.96. The number of benzene rings is 3. The molecule has 182 valence electrons. The van der Waals surface area contributed by atoms with Gasteiger partial charge in [-0.3, -0.25) is 9.78 Å². The molecule has 0 aliphatic carbocycles. The van der Waals surface area contributed by atoms with Crippen molar-refractivity contribution in [1.82, 2.24) is 10.3 Å². The van der Waals surface area contributed by atoms with E-state index in [1.54, 1.807) is 12.4 Å². The third-order valence-electron chi connectivity index (χ3n) is 5.96. The molecular weight excluding hydrogens is 452 g/mol. The lowest BCUT2D eigenvalue weighted by Gasteiger charge is -2.27. The fraction of sp³-hybridized carbons (Fsp3) is 0.138. The molecule has 4 aromatic rings. The Kier molecular flexibility index (Phi) is 7.60. The van der Waals surface area contributed by atoms with Crippen LogP contribution >= 0.6 is 0 Å². The molecular formula is C29H28N4O3. The molecule has 0 radical (unpaired) electrons. The molecule has 0 saturated carbocycles. The standard InChI is InChI=1S/C29H28N4O3/c1-33(2)25-19-30-18-17-24(25)20-13-15-23(16-14-20)31-28(34)27(32-29(35)36)26(21-9-5-3-6-10-21)22-11-7-4-8-12-22/h3-19,26-27,32H,1-2H3,(H,31,34)(H,35,36)/t27-/m0/s1. The van der Waals surface area contributed by atoms with E-state index >= 15 is 0 Å². The Morgan fingerprint density at radius 3 is 1.94 bits per heavy atom. The smallest absolute Gasteiger partial charge is 0.405 e. The van der Waals surface area contributed by atoms with Crippen LogP contribution in [0.1, 0.15) is 17.0 Å². The summed E-state index contributed by atoms with van der Waals surface area (Å²) >= 11 is 0. The molecule has 2 amide bonds. The molecule has 36 heavy (non-hydrogen) atoms. The first-order valence-corrected chi connectivity index (χ1v) is 11.6. The number of nitrogens with zero attached hydrogens (tertiary/aromatic N) is 2. The minimum Gasteiger partial charge on any atom is -0.465 e. The number of hydrogen-bond acceptors (Lipinski definition) is 4. The van der Waals surface area contributed by atoms with Crippen LogP contribution in [0.2, 0.25) is 0 Å². The number of carbonyl (C=O) groups is 2. The highest BCUT2D eigenvalue weighted by Crippen LogP contribution is 2.31.